The largest absolute Gasteiger partial charge is 0.300 e. The predicted octanol–water partition coefficient (Wildman–Crippen LogP) is 2.51. The van der Waals surface area contributed by atoms with Gasteiger partial charge in [-0.15, -0.1) is 0 Å². The molecule has 1 nitrogen and oxygen atoms in total. The maximum Gasteiger partial charge on any atom is 0.00675 e. The van der Waals surface area contributed by atoms with Crippen LogP contribution in [0.1, 0.15) is 25.3 Å². The van der Waals surface area contributed by atoms with Crippen LogP contribution in [-0.2, 0) is 6.42 Å². The van der Waals surface area contributed by atoms with Gasteiger partial charge < -0.3 is 4.90 Å². The van der Waals surface area contributed by atoms with Crippen LogP contribution in [0.15, 0.2) is 24.3 Å². The lowest BCUT2D eigenvalue weighted by molar-refractivity contribution is 0.272. The van der Waals surface area contributed by atoms with E-state index in [2.05, 4.69) is 30.0 Å². The summed E-state index contributed by atoms with van der Waals surface area (Å²) in [5, 5.41) is 0. The molecular formula is C13H18N. The van der Waals surface area contributed by atoms with Gasteiger partial charge in [0.25, 0.3) is 0 Å². The maximum atomic E-state index is 3.28. The first-order valence-electron chi connectivity index (χ1n) is 5.56. The molecule has 1 heterocycles. The molecular weight excluding hydrogens is 170 g/mol. The van der Waals surface area contributed by atoms with Gasteiger partial charge in [-0.05, 0) is 44.4 Å². The number of hydrogen-bond acceptors (Lipinski definition) is 1. The molecule has 2 rings (SSSR count). The third-order valence-electron chi connectivity index (χ3n) is 3.13. The molecule has 14 heavy (non-hydrogen) atoms. The quantitative estimate of drug-likeness (QED) is 0.704. The van der Waals surface area contributed by atoms with Crippen molar-refractivity contribution in [2.24, 2.45) is 0 Å². The van der Waals surface area contributed by atoms with E-state index in [1.807, 2.05) is 12.1 Å². The minimum atomic E-state index is 0.790. The van der Waals surface area contributed by atoms with Gasteiger partial charge in [-0.2, -0.15) is 0 Å². The zero-order valence-electron chi connectivity index (χ0n) is 8.87. The van der Waals surface area contributed by atoms with Crippen LogP contribution in [0.5, 0.6) is 0 Å². The second-order valence-corrected chi connectivity index (χ2v) is 4.17. The Kier molecular flexibility index (Phi) is 3.20. The van der Waals surface area contributed by atoms with Gasteiger partial charge >= 0.3 is 0 Å². The second-order valence-electron chi connectivity index (χ2n) is 4.17. The molecule has 1 radical (unpaired) electrons. The van der Waals surface area contributed by atoms with Crippen LogP contribution in [0.4, 0.5) is 0 Å². The van der Waals surface area contributed by atoms with Crippen LogP contribution in [0.2, 0.25) is 0 Å². The van der Waals surface area contributed by atoms with E-state index >= 15 is 0 Å². The minimum Gasteiger partial charge on any atom is -0.300 e. The lowest BCUT2D eigenvalue weighted by atomic mass is 10.1. The average molecular weight is 188 g/mol. The normalized spacial score (nSPS) is 22.8. The Morgan fingerprint density at radius 3 is 3.07 bits per heavy atom. The smallest absolute Gasteiger partial charge is 0.00675 e. The predicted molar refractivity (Wildman–Crippen MR) is 59.3 cm³/mol. The Hall–Kier alpha value is -0.820. The Morgan fingerprint density at radius 2 is 2.43 bits per heavy atom. The SMILES string of the molecule is C[C@@H]1CCCN1CCc1[c]cccc1. The molecule has 1 heteroatoms. The summed E-state index contributed by atoms with van der Waals surface area (Å²) in [6.07, 6.45) is 3.89. The highest BCUT2D eigenvalue weighted by atomic mass is 15.2. The molecule has 0 amide bonds. The molecule has 0 aliphatic carbocycles. The molecule has 75 valence electrons. The number of benzene rings is 1. The molecule has 1 aliphatic heterocycles. The van der Waals surface area contributed by atoms with Crippen molar-refractivity contribution in [2.45, 2.75) is 32.2 Å². The molecule has 1 aromatic rings. The van der Waals surface area contributed by atoms with Crippen molar-refractivity contribution in [3.8, 4) is 0 Å². The van der Waals surface area contributed by atoms with E-state index in [1.165, 1.54) is 31.5 Å². The summed E-state index contributed by atoms with van der Waals surface area (Å²) >= 11 is 0. The van der Waals surface area contributed by atoms with Crippen LogP contribution in [-0.4, -0.2) is 24.0 Å². The van der Waals surface area contributed by atoms with E-state index in [9.17, 15) is 0 Å². The molecule has 1 aliphatic rings. The summed E-state index contributed by atoms with van der Waals surface area (Å²) in [5.41, 5.74) is 1.34. The number of nitrogens with zero attached hydrogens (tertiary/aromatic N) is 1. The highest BCUT2D eigenvalue weighted by molar-refractivity contribution is 5.13. The van der Waals surface area contributed by atoms with Crippen LogP contribution in [0.3, 0.4) is 0 Å². The summed E-state index contributed by atoms with van der Waals surface area (Å²) < 4.78 is 0. The molecule has 0 spiro atoms. The minimum absolute atomic E-state index is 0.790. The van der Waals surface area contributed by atoms with E-state index in [4.69, 9.17) is 0 Å². The van der Waals surface area contributed by atoms with Crippen molar-refractivity contribution in [1.29, 1.82) is 0 Å². The summed E-state index contributed by atoms with van der Waals surface area (Å²) in [6.45, 7) is 4.82. The van der Waals surface area contributed by atoms with Crippen molar-refractivity contribution < 1.29 is 0 Å². The number of rotatable bonds is 3. The standard InChI is InChI=1S/C13H18N/c1-12-6-5-10-14(12)11-9-13-7-3-2-4-8-13/h2-4,7,12H,5-6,9-11H2,1H3/t12-/m1/s1. The monoisotopic (exact) mass is 188 g/mol. The molecule has 0 saturated carbocycles. The number of likely N-dealkylation sites (tertiary alicyclic amines) is 1. The van der Waals surface area contributed by atoms with Gasteiger partial charge in [0, 0.05) is 12.6 Å². The Morgan fingerprint density at radius 1 is 1.50 bits per heavy atom. The zero-order valence-corrected chi connectivity index (χ0v) is 8.87. The third kappa shape index (κ3) is 2.36. The van der Waals surface area contributed by atoms with Gasteiger partial charge in [-0.3, -0.25) is 0 Å². The Labute approximate surface area is 86.7 Å². The molecule has 0 bridgehead atoms. The first-order valence-corrected chi connectivity index (χ1v) is 5.56. The van der Waals surface area contributed by atoms with E-state index < -0.39 is 0 Å². The highest BCUT2D eigenvalue weighted by Gasteiger charge is 2.19. The molecule has 1 aromatic carbocycles. The Balaban J connectivity index is 1.82. The van der Waals surface area contributed by atoms with Crippen LogP contribution < -0.4 is 0 Å². The number of hydrogen-bond donors (Lipinski definition) is 0. The summed E-state index contributed by atoms with van der Waals surface area (Å²) in [6, 6.07) is 12.4. The van der Waals surface area contributed by atoms with Crippen molar-refractivity contribution in [1.82, 2.24) is 4.90 Å². The van der Waals surface area contributed by atoms with Gasteiger partial charge in [0.2, 0.25) is 0 Å². The van der Waals surface area contributed by atoms with E-state index in [-0.39, 0.29) is 0 Å². The molecule has 1 atom stereocenters. The fourth-order valence-corrected chi connectivity index (χ4v) is 2.18. The first kappa shape index (κ1) is 9.72. The third-order valence-corrected chi connectivity index (χ3v) is 3.13. The van der Waals surface area contributed by atoms with Gasteiger partial charge in [0.15, 0.2) is 0 Å². The first-order chi connectivity index (χ1) is 6.86. The maximum absolute atomic E-state index is 3.28. The van der Waals surface area contributed by atoms with Crippen LogP contribution in [0, 0.1) is 6.07 Å². The second kappa shape index (κ2) is 4.61. The topological polar surface area (TPSA) is 3.24 Å². The summed E-state index contributed by atoms with van der Waals surface area (Å²) in [4.78, 5) is 2.58. The van der Waals surface area contributed by atoms with Crippen molar-refractivity contribution in [2.75, 3.05) is 13.1 Å². The lowest BCUT2D eigenvalue weighted by Crippen LogP contribution is -2.28. The van der Waals surface area contributed by atoms with Crippen molar-refractivity contribution in [3.05, 3.63) is 35.9 Å². The van der Waals surface area contributed by atoms with E-state index in [0.717, 1.165) is 12.5 Å². The molecule has 0 unspecified atom stereocenters. The van der Waals surface area contributed by atoms with E-state index in [1.54, 1.807) is 0 Å². The lowest BCUT2D eigenvalue weighted by Gasteiger charge is -2.20. The van der Waals surface area contributed by atoms with E-state index in [0.29, 0.717) is 0 Å². The molecule has 0 N–H and O–H groups in total. The molecule has 1 fully saturated rings. The van der Waals surface area contributed by atoms with Gasteiger partial charge in [0.05, 0.1) is 0 Å². The fourth-order valence-electron chi connectivity index (χ4n) is 2.18. The Bertz CT molecular complexity index is 268. The molecule has 0 aromatic heterocycles. The van der Waals surface area contributed by atoms with Gasteiger partial charge in [-0.1, -0.05) is 24.3 Å². The average Bonchev–Trinajstić information content (AvgIpc) is 2.63. The van der Waals surface area contributed by atoms with Gasteiger partial charge in [0.1, 0.15) is 0 Å². The highest BCUT2D eigenvalue weighted by Crippen LogP contribution is 2.16. The van der Waals surface area contributed by atoms with Crippen molar-refractivity contribution >= 4 is 0 Å². The summed E-state index contributed by atoms with van der Waals surface area (Å²) in [5.74, 6) is 0. The fraction of sp³-hybridized carbons (Fsp3) is 0.538. The zero-order chi connectivity index (χ0) is 9.80. The van der Waals surface area contributed by atoms with Crippen molar-refractivity contribution in [3.63, 3.8) is 0 Å². The molecule has 1 saturated heterocycles. The van der Waals surface area contributed by atoms with Crippen LogP contribution in [0.25, 0.3) is 0 Å². The van der Waals surface area contributed by atoms with Crippen LogP contribution >= 0.6 is 0 Å². The van der Waals surface area contributed by atoms with Gasteiger partial charge in [-0.25, -0.2) is 0 Å². The summed E-state index contributed by atoms with van der Waals surface area (Å²) in [7, 11) is 0.